The lowest BCUT2D eigenvalue weighted by molar-refractivity contribution is -0.139. The first-order valence-corrected chi connectivity index (χ1v) is 40.0. The quantitative estimate of drug-likeness (QED) is 0.0907. The molecule has 10 aromatic carbocycles. The van der Waals surface area contributed by atoms with Crippen LogP contribution in [-0.2, 0) is 64.0 Å². The monoisotopic (exact) mass is 1590 g/mol. The summed E-state index contributed by atoms with van der Waals surface area (Å²) in [6.45, 7) is 27.5. The molecular formula is C108H106N4O8. The molecule has 0 radical (unpaired) electrons. The fourth-order valence-corrected chi connectivity index (χ4v) is 13.4. The molecule has 4 aliphatic heterocycles. The van der Waals surface area contributed by atoms with Gasteiger partial charge in [0.2, 0.25) is 11.8 Å². The molecule has 0 spiro atoms. The van der Waals surface area contributed by atoms with Crippen LogP contribution in [0, 0.1) is 96.3 Å². The van der Waals surface area contributed by atoms with Crippen molar-refractivity contribution < 1.29 is 38.4 Å². The highest BCUT2D eigenvalue weighted by Gasteiger charge is 2.58. The number of hydrogen-bond donors (Lipinski definition) is 0. The van der Waals surface area contributed by atoms with Crippen LogP contribution in [0.3, 0.4) is 0 Å². The summed E-state index contributed by atoms with van der Waals surface area (Å²) in [6, 6.07) is 80.8. The molecule has 120 heavy (non-hydrogen) atoms. The van der Waals surface area contributed by atoms with Crippen molar-refractivity contribution in [3.8, 4) is 24.2 Å². The van der Waals surface area contributed by atoms with E-state index in [1.165, 1.54) is 131 Å². The van der Waals surface area contributed by atoms with Crippen molar-refractivity contribution >= 4 is 82.8 Å². The molecule has 12 heteroatoms. The van der Waals surface area contributed by atoms with Crippen LogP contribution in [0.4, 0.5) is 5.69 Å². The van der Waals surface area contributed by atoms with Crippen molar-refractivity contribution in [1.29, 1.82) is 0 Å². The number of likely N-dealkylation sites (N-methyl/N-ethyl adjacent to an activating group) is 2. The number of carbonyl (C=O) groups excluding carboxylic acids is 8. The van der Waals surface area contributed by atoms with E-state index in [1.807, 2.05) is 166 Å². The van der Waals surface area contributed by atoms with Gasteiger partial charge in [0.25, 0.3) is 35.4 Å². The van der Waals surface area contributed by atoms with Gasteiger partial charge in [0, 0.05) is 68.2 Å². The summed E-state index contributed by atoms with van der Waals surface area (Å²) in [6.07, 6.45) is 31.8. The predicted octanol–water partition coefficient (Wildman–Crippen LogP) is 20.7. The van der Waals surface area contributed by atoms with E-state index in [4.69, 9.17) is 6.42 Å². The Balaban J connectivity index is 0.000000165. The third-order valence-corrected chi connectivity index (χ3v) is 20.7. The summed E-state index contributed by atoms with van der Waals surface area (Å²) in [4.78, 5) is 94.1. The lowest BCUT2D eigenvalue weighted by Gasteiger charge is -2.18. The minimum atomic E-state index is -0.279. The Morgan fingerprint density at radius 2 is 0.825 bits per heavy atom. The Labute approximate surface area is 709 Å². The van der Waals surface area contributed by atoms with Gasteiger partial charge >= 0.3 is 0 Å². The number of terminal acetylenes is 1. The molecule has 606 valence electrons. The first-order chi connectivity index (χ1) is 57.7. The van der Waals surface area contributed by atoms with Gasteiger partial charge in [0.1, 0.15) is 0 Å². The topological polar surface area (TPSA) is 150 Å². The number of nitrogens with zero attached hydrogens (tertiary/aromatic N) is 4. The van der Waals surface area contributed by atoms with Crippen molar-refractivity contribution in [1.82, 2.24) is 14.7 Å². The highest BCUT2D eigenvalue weighted by Crippen LogP contribution is 2.52. The molecule has 18 rings (SSSR count). The summed E-state index contributed by atoms with van der Waals surface area (Å²) >= 11 is 0. The fraction of sp³-hybridized carbons (Fsp3) is 0.185. The maximum absolute atomic E-state index is 11.7. The van der Waals surface area contributed by atoms with Gasteiger partial charge in [-0.3, -0.25) is 53.1 Å². The minimum Gasteiger partial charge on any atom is -0.285 e. The maximum Gasteiger partial charge on any atom is 0.261 e. The number of carbonyl (C=O) groups is 8. The molecule has 4 aliphatic carbocycles. The lowest BCUT2D eigenvalue weighted by atomic mass is 9.85. The van der Waals surface area contributed by atoms with Crippen LogP contribution in [0.5, 0.6) is 0 Å². The Morgan fingerprint density at radius 3 is 1.24 bits per heavy atom. The number of hydrogen-bond acceptors (Lipinski definition) is 8. The third-order valence-electron chi connectivity index (χ3n) is 20.7. The highest BCUT2D eigenvalue weighted by atomic mass is 16.2. The average molecular weight is 1590 g/mol. The van der Waals surface area contributed by atoms with Crippen molar-refractivity contribution in [2.24, 2.45) is 23.7 Å². The molecule has 0 N–H and O–H groups in total. The van der Waals surface area contributed by atoms with Crippen LogP contribution >= 0.6 is 0 Å². The number of allylic oxidation sites excluding steroid dienone is 3. The number of aryl methyl sites for hydroxylation is 11. The zero-order chi connectivity index (χ0) is 86.8. The lowest BCUT2D eigenvalue weighted by Crippen LogP contribution is -2.29. The molecule has 2 fully saturated rings. The van der Waals surface area contributed by atoms with Crippen molar-refractivity contribution in [2.75, 3.05) is 26.0 Å². The SMILES string of the molecule is C#Cc1ccc(C)cc1.C/C=C/c1ccc2c(c1)CC2.C=Cc1ccc(C)cc1.C=Cc1cccc(C)c1.C=Cc1ccccc1C.CN1C(=O)C2C3C=CC(C3)C2C1=O.CN1C(=O)C=C(c2ccccc2)C1=O.CN1C(=O)C=CC1=O.Cc1ccc(C#Cc2ccccc2)cc1.Cc1ccc(N2C(=O)C=CC2=O)cc1.Cc1ccc2c(c1)CC2. The molecule has 12 nitrogen and oxygen atoms in total. The van der Waals surface area contributed by atoms with Crippen molar-refractivity contribution in [3.05, 3.63) is 417 Å². The van der Waals surface area contributed by atoms with Gasteiger partial charge < -0.3 is 0 Å². The highest BCUT2D eigenvalue weighted by molar-refractivity contribution is 6.33. The standard InChI is InChI=1S/C15H12.2C11H9NO2.C11H12.C10H11NO2.2C9H10.C9H8.2C9H10.C5H5NO2/c1-13-7-9-15(10-8-13)12-11-14-5-3-2-4-6-14;1-8-2-4-9(5-3-8)12-10(13)6-7-11(12)14;1-12-10(13)7-9(11(12)14)8-5-3-2-4-6-8;1-2-3-9-4-5-10-6-7-11(10)8-9;1-11-9(12)7-5-2-3-6(4-5)8(7)10(11)13;1-7-2-3-8-4-5-9(8)6-7;2*1-3-9-6-4-8(2)5-7-9;1-3-9-6-4-5-8(2)7-9;1-3-9-7-5-4-6-8(9)2;1-6-4(7)2-3-5(6)8/h2-10H,1H3;2*2-7H,1H3;2-5,8H,6-7H2,1H3;2-3,5-8H,4H2,1H3;2-3,6H,4-5H2,1H3;3-7H,1H2,2H3;1,4-7H,2H3;2*3-7H,1H2,2H3;2-3H,1H3/b;;;3-2+;;;;;;;. The number of fused-ring (bicyclic) bond motifs is 7. The molecule has 4 unspecified atom stereocenters. The molecule has 4 heterocycles. The third kappa shape index (κ3) is 26.9. The first-order valence-electron chi connectivity index (χ1n) is 40.0. The van der Waals surface area contributed by atoms with Crippen LogP contribution in [-0.4, -0.2) is 83.1 Å². The largest absolute Gasteiger partial charge is 0.285 e. The first kappa shape index (κ1) is 91.3. The van der Waals surface area contributed by atoms with Gasteiger partial charge in [-0.25, -0.2) is 4.90 Å². The van der Waals surface area contributed by atoms with Crippen LogP contribution in [0.1, 0.15) is 119 Å². The molecule has 8 amide bonds. The Bertz CT molecular complexity index is 5510. The van der Waals surface area contributed by atoms with Crippen LogP contribution < -0.4 is 4.90 Å². The van der Waals surface area contributed by atoms with Crippen LogP contribution in [0.25, 0.3) is 29.9 Å². The van der Waals surface area contributed by atoms with Crippen LogP contribution in [0.15, 0.2) is 311 Å². The average Bonchev–Trinajstić information content (AvgIpc) is 1.58. The van der Waals surface area contributed by atoms with Gasteiger partial charge in [-0.1, -0.05) is 308 Å². The van der Waals surface area contributed by atoms with Gasteiger partial charge in [-0.2, -0.15) is 0 Å². The zero-order valence-electron chi connectivity index (χ0n) is 70.6. The molecule has 0 aromatic heterocycles. The smallest absolute Gasteiger partial charge is 0.261 e. The summed E-state index contributed by atoms with van der Waals surface area (Å²) in [5.41, 5.74) is 24.9. The molecule has 10 aromatic rings. The molecular weight excluding hydrogens is 1480 g/mol. The van der Waals surface area contributed by atoms with Crippen molar-refractivity contribution in [2.45, 2.75) is 87.5 Å². The number of likely N-dealkylation sites (tertiary alicyclic amines) is 1. The van der Waals surface area contributed by atoms with E-state index in [0.29, 0.717) is 23.1 Å². The summed E-state index contributed by atoms with van der Waals surface area (Å²) < 4.78 is 0. The molecule has 1 saturated heterocycles. The summed E-state index contributed by atoms with van der Waals surface area (Å²) in [7, 11) is 4.53. The number of anilines is 1. The number of rotatable bonds is 6. The number of imide groups is 4. The Kier molecular flexibility index (Phi) is 35.0. The van der Waals surface area contributed by atoms with Gasteiger partial charge in [-0.05, 0) is 203 Å². The van der Waals surface area contributed by atoms with Gasteiger partial charge in [0.15, 0.2) is 0 Å². The van der Waals surface area contributed by atoms with E-state index in [9.17, 15) is 38.4 Å². The zero-order valence-corrected chi connectivity index (χ0v) is 70.6. The second kappa shape index (κ2) is 45.9. The van der Waals surface area contributed by atoms with E-state index < -0.39 is 0 Å². The predicted molar refractivity (Wildman–Crippen MR) is 491 cm³/mol. The second-order valence-corrected chi connectivity index (χ2v) is 29.7. The van der Waals surface area contributed by atoms with Gasteiger partial charge in [-0.15, -0.1) is 6.42 Å². The van der Waals surface area contributed by atoms with E-state index in [2.05, 4.69) is 200 Å². The maximum atomic E-state index is 11.7. The normalized spacial score (nSPS) is 16.1. The molecule has 8 aliphatic rings. The van der Waals surface area contributed by atoms with Crippen LogP contribution in [0.2, 0.25) is 0 Å². The summed E-state index contributed by atoms with van der Waals surface area (Å²) in [5.74, 6) is 8.01. The number of amides is 8. The minimum absolute atomic E-state index is 0.0208. The molecule has 4 atom stereocenters. The Morgan fingerprint density at radius 1 is 0.383 bits per heavy atom. The van der Waals surface area contributed by atoms with Gasteiger partial charge in [0.05, 0.1) is 23.1 Å². The molecule has 2 bridgehead atoms. The Hall–Kier alpha value is -14.2. The van der Waals surface area contributed by atoms with E-state index in [1.54, 1.807) is 41.4 Å². The fourth-order valence-electron chi connectivity index (χ4n) is 13.4. The van der Waals surface area contributed by atoms with E-state index in [-0.39, 0.29) is 59.1 Å². The molecule has 1 saturated carbocycles. The van der Waals surface area contributed by atoms with E-state index >= 15 is 0 Å². The van der Waals surface area contributed by atoms with Crippen molar-refractivity contribution in [3.63, 3.8) is 0 Å². The number of benzene rings is 10. The summed E-state index contributed by atoms with van der Waals surface area (Å²) in [5, 5.41) is 0. The van der Waals surface area contributed by atoms with E-state index in [0.717, 1.165) is 48.9 Å². The second-order valence-electron chi connectivity index (χ2n) is 29.7.